The normalized spacial score (nSPS) is 11.1. The van der Waals surface area contributed by atoms with Crippen molar-refractivity contribution in [2.24, 2.45) is 20.5 Å². The Hall–Kier alpha value is -5.85. The third-order valence-electron chi connectivity index (χ3n) is 7.15. The van der Waals surface area contributed by atoms with Gasteiger partial charge in [0.25, 0.3) is 11.4 Å². The summed E-state index contributed by atoms with van der Waals surface area (Å²) in [5.74, 6) is -1.37. The number of rotatable bonds is 16. The number of nitro benzene ring substituents is 2. The molecule has 0 saturated carbocycles. The standard InChI is InChI=1S/2C17H16N4O8S.Ba/c2*1-10(22)8-16(23)18-12-7-6-11(29-2)9-14(12)20-19-13-4-3-5-15(21(24)25)17(13)30(26,27)28;/h2*3-7,9H,8H2,1-2H3,(H,18,23)(H,26,27,28);/q;;+2/p-2. The molecule has 4 aromatic rings. The molecular weight excluding hydrogens is 978 g/mol. The Morgan fingerprint density at radius 1 is 0.590 bits per heavy atom. The zero-order valence-corrected chi connectivity index (χ0v) is 38.2. The molecule has 0 heterocycles. The molecule has 0 unspecified atom stereocenters. The van der Waals surface area contributed by atoms with Crippen LogP contribution in [-0.4, -0.2) is 122 Å². The fraction of sp³-hybridized carbons (Fsp3) is 0.176. The summed E-state index contributed by atoms with van der Waals surface area (Å²) in [4.78, 5) is 63.8. The third-order valence-corrected chi connectivity index (χ3v) is 8.98. The van der Waals surface area contributed by atoms with Gasteiger partial charge >= 0.3 is 48.9 Å². The van der Waals surface area contributed by atoms with Gasteiger partial charge in [0.05, 0.1) is 48.3 Å². The molecule has 0 saturated heterocycles. The zero-order chi connectivity index (χ0) is 44.9. The number of Topliss-reactive ketones (excluding diaryl/α,β-unsaturated/α-hetero) is 2. The summed E-state index contributed by atoms with van der Waals surface area (Å²) in [7, 11) is -7.76. The van der Waals surface area contributed by atoms with Crippen LogP contribution in [0.1, 0.15) is 26.7 Å². The Morgan fingerprint density at radius 2 is 0.918 bits per heavy atom. The van der Waals surface area contributed by atoms with E-state index in [0.29, 0.717) is 11.5 Å². The Kier molecular flexibility index (Phi) is 19.1. The molecule has 0 atom stereocenters. The van der Waals surface area contributed by atoms with Gasteiger partial charge in [-0.25, -0.2) is 16.8 Å². The molecule has 0 radical (unpaired) electrons. The van der Waals surface area contributed by atoms with Crippen molar-refractivity contribution in [3.8, 4) is 11.5 Å². The third kappa shape index (κ3) is 15.3. The van der Waals surface area contributed by atoms with E-state index in [4.69, 9.17) is 9.47 Å². The van der Waals surface area contributed by atoms with Gasteiger partial charge in [-0.05, 0) is 50.2 Å². The summed E-state index contributed by atoms with van der Waals surface area (Å²) in [5, 5.41) is 42.0. The van der Waals surface area contributed by atoms with Crippen LogP contribution in [0.5, 0.6) is 11.5 Å². The van der Waals surface area contributed by atoms with E-state index < -0.39 is 74.4 Å². The van der Waals surface area contributed by atoms with Crippen LogP contribution in [0.4, 0.5) is 45.5 Å². The van der Waals surface area contributed by atoms with Crippen LogP contribution in [-0.2, 0) is 39.4 Å². The second-order valence-corrected chi connectivity index (χ2v) is 14.3. The summed E-state index contributed by atoms with van der Waals surface area (Å²) < 4.78 is 79.3. The number of nitrogens with one attached hydrogen (secondary N) is 2. The number of anilines is 2. The van der Waals surface area contributed by atoms with Crippen molar-refractivity contribution in [3.05, 3.63) is 93.0 Å². The second kappa shape index (κ2) is 22.7. The van der Waals surface area contributed by atoms with Crippen molar-refractivity contribution < 1.29 is 64.4 Å². The van der Waals surface area contributed by atoms with Crippen molar-refractivity contribution in [3.63, 3.8) is 0 Å². The summed E-state index contributed by atoms with van der Waals surface area (Å²) in [6.07, 6.45) is -0.766. The first-order valence-corrected chi connectivity index (χ1v) is 19.1. The number of ether oxygens (including phenoxy) is 2. The number of carbonyl (C=O) groups excluding carboxylic acids is 4. The first-order valence-electron chi connectivity index (χ1n) is 16.3. The Bertz CT molecular complexity index is 2480. The van der Waals surface area contributed by atoms with Crippen LogP contribution in [0.15, 0.2) is 103 Å². The molecule has 0 bridgehead atoms. The van der Waals surface area contributed by atoms with Gasteiger partial charge in [0, 0.05) is 24.3 Å². The summed E-state index contributed by atoms with van der Waals surface area (Å²) in [6.45, 7) is 2.48. The number of ketones is 2. The van der Waals surface area contributed by atoms with Crippen LogP contribution < -0.4 is 20.1 Å². The quantitative estimate of drug-likeness (QED) is 0.0359. The van der Waals surface area contributed by atoms with Gasteiger partial charge in [0.2, 0.25) is 11.8 Å². The number of azo groups is 2. The number of nitro groups is 2. The Balaban J connectivity index is 0.000000413. The Labute approximate surface area is 385 Å². The van der Waals surface area contributed by atoms with Gasteiger partial charge in [-0.1, -0.05) is 12.1 Å². The van der Waals surface area contributed by atoms with Gasteiger partial charge in [-0.2, -0.15) is 0 Å². The number of carbonyl (C=O) groups is 4. The molecule has 4 aromatic carbocycles. The molecule has 2 N–H and O–H groups in total. The van der Waals surface area contributed by atoms with Crippen molar-refractivity contribution in [1.29, 1.82) is 0 Å². The first-order chi connectivity index (χ1) is 28.0. The minimum atomic E-state index is -5.25. The summed E-state index contributed by atoms with van der Waals surface area (Å²) in [6, 6.07) is 14.6. The van der Waals surface area contributed by atoms with Gasteiger partial charge in [0.1, 0.15) is 66.1 Å². The fourth-order valence-corrected chi connectivity index (χ4v) is 6.22. The smallest absolute Gasteiger partial charge is 0.744 e. The predicted octanol–water partition coefficient (Wildman–Crippen LogP) is 5.30. The molecule has 24 nitrogen and oxygen atoms in total. The number of nitrogens with zero attached hydrogens (tertiary/aromatic N) is 6. The molecule has 0 spiro atoms. The maximum absolute atomic E-state index is 11.9. The first kappa shape index (κ1) is 51.3. The largest absolute Gasteiger partial charge is 2.00 e. The van der Waals surface area contributed by atoms with Crippen LogP contribution >= 0.6 is 0 Å². The van der Waals surface area contributed by atoms with E-state index in [1.807, 2.05) is 0 Å². The molecule has 0 aliphatic heterocycles. The van der Waals surface area contributed by atoms with Gasteiger partial charge in [0.15, 0.2) is 9.79 Å². The van der Waals surface area contributed by atoms with Crippen LogP contribution in [0, 0.1) is 20.2 Å². The minimum absolute atomic E-state index is 0. The zero-order valence-electron chi connectivity index (χ0n) is 32.1. The number of hydrogen-bond acceptors (Lipinski definition) is 20. The van der Waals surface area contributed by atoms with Crippen molar-refractivity contribution in [1.82, 2.24) is 0 Å². The van der Waals surface area contributed by atoms with Gasteiger partial charge in [-0.15, -0.1) is 20.5 Å². The number of amides is 2. The van der Waals surface area contributed by atoms with Crippen LogP contribution in [0.25, 0.3) is 0 Å². The van der Waals surface area contributed by atoms with Gasteiger partial charge < -0.3 is 29.2 Å². The van der Waals surface area contributed by atoms with Gasteiger partial charge in [-0.3, -0.25) is 39.4 Å². The molecule has 0 aromatic heterocycles. The summed E-state index contributed by atoms with van der Waals surface area (Å²) in [5.41, 5.74) is -2.78. The topological polar surface area (TPSA) is 361 Å². The molecule has 0 aliphatic rings. The Morgan fingerprint density at radius 3 is 1.20 bits per heavy atom. The van der Waals surface area contributed by atoms with E-state index >= 15 is 0 Å². The van der Waals surface area contributed by atoms with E-state index in [9.17, 15) is 65.3 Å². The van der Waals surface area contributed by atoms with E-state index in [1.54, 1.807) is 0 Å². The molecule has 4 rings (SSSR count). The molecular formula is C34H30BaN8O16S2. The second-order valence-electron chi connectivity index (χ2n) is 11.7. The van der Waals surface area contributed by atoms with E-state index in [2.05, 4.69) is 31.1 Å². The van der Waals surface area contributed by atoms with E-state index in [-0.39, 0.29) is 96.0 Å². The maximum Gasteiger partial charge on any atom is 2.00 e. The average molecular weight is 1010 g/mol. The summed E-state index contributed by atoms with van der Waals surface area (Å²) >= 11 is 0. The van der Waals surface area contributed by atoms with Crippen LogP contribution in [0.2, 0.25) is 0 Å². The molecule has 2 amide bonds. The van der Waals surface area contributed by atoms with E-state index in [0.717, 1.165) is 36.4 Å². The van der Waals surface area contributed by atoms with Crippen molar-refractivity contribution in [2.45, 2.75) is 36.5 Å². The van der Waals surface area contributed by atoms with Crippen molar-refractivity contribution in [2.75, 3.05) is 24.9 Å². The predicted molar refractivity (Wildman–Crippen MR) is 210 cm³/mol. The molecule has 0 aliphatic carbocycles. The van der Waals surface area contributed by atoms with Crippen molar-refractivity contribution >= 4 is 138 Å². The average Bonchev–Trinajstić information content (AvgIpc) is 3.15. The number of benzene rings is 4. The SMILES string of the molecule is COc1ccc(NC(=O)CC(C)=O)c(N=Nc2cccc([N+](=O)[O-])c2S(=O)(=O)[O-])c1.COc1ccc(NC(=O)CC(C)=O)c(N=Nc2cccc([N+](=O)[O-])c2S(=O)(=O)[O-])c1.[Ba+2]. The minimum Gasteiger partial charge on any atom is -0.744 e. The van der Waals surface area contributed by atoms with E-state index in [1.165, 1.54) is 64.5 Å². The fourth-order valence-electron chi connectivity index (χ4n) is 4.69. The molecule has 316 valence electrons. The number of methoxy groups -OCH3 is 2. The molecule has 61 heavy (non-hydrogen) atoms. The monoisotopic (exact) mass is 1010 g/mol. The molecule has 0 fully saturated rings. The maximum atomic E-state index is 11.9. The molecule has 27 heteroatoms. The van der Waals surface area contributed by atoms with Crippen LogP contribution in [0.3, 0.4) is 0 Å². The number of hydrogen-bond donors (Lipinski definition) is 2.